The SMILES string of the molecule is COC(=O)c1ccc2c(c1)CCCC2NCCc1ccccc1CCc1ccc(CCc2ccccc2)cc1.[Ar]. The maximum absolute atomic E-state index is 11.9. The monoisotopic (exact) mass is 557 g/mol. The number of carbonyl (C=O) groups is 1. The standard InChI is InChI=1S/C36H39NO2.Ar/c1-39-36(38)33-22-23-34-32(26-33)12-7-13-35(34)37-25-24-31-11-6-5-10-30(31)21-20-29-18-16-28(17-19-29)15-14-27-8-3-2-4-9-27;/h2-6,8-11,16-19,22-23,26,35,37H,7,12-15,20-21,24-25H2,1H3;. The Balaban J connectivity index is 0.00000370. The fourth-order valence-electron chi connectivity index (χ4n) is 5.78. The molecule has 0 bridgehead atoms. The van der Waals surface area contributed by atoms with E-state index in [1.807, 2.05) is 12.1 Å². The summed E-state index contributed by atoms with van der Waals surface area (Å²) in [7, 11) is 1.44. The Labute approximate surface area is 269 Å². The van der Waals surface area contributed by atoms with Crippen LogP contribution in [0.3, 0.4) is 0 Å². The zero-order chi connectivity index (χ0) is 26.9. The molecule has 0 radical (unpaired) electrons. The minimum atomic E-state index is -0.261. The Morgan fingerprint density at radius 2 is 1.35 bits per heavy atom. The van der Waals surface area contributed by atoms with Crippen LogP contribution in [0.2, 0.25) is 0 Å². The van der Waals surface area contributed by atoms with E-state index >= 15 is 0 Å². The van der Waals surface area contributed by atoms with Gasteiger partial charge in [0.2, 0.25) is 0 Å². The average Bonchev–Trinajstić information content (AvgIpc) is 3.00. The van der Waals surface area contributed by atoms with Crippen LogP contribution in [-0.4, -0.2) is 19.6 Å². The Hall–Kier alpha value is -2.43. The maximum Gasteiger partial charge on any atom is 0.337 e. The Morgan fingerprint density at radius 1 is 0.750 bits per heavy atom. The van der Waals surface area contributed by atoms with Gasteiger partial charge in [-0.3, -0.25) is 0 Å². The van der Waals surface area contributed by atoms with Crippen molar-refractivity contribution in [1.82, 2.24) is 5.32 Å². The van der Waals surface area contributed by atoms with Crippen molar-refractivity contribution in [3.05, 3.63) is 142 Å². The van der Waals surface area contributed by atoms with Crippen LogP contribution in [0.4, 0.5) is 0 Å². The topological polar surface area (TPSA) is 38.3 Å². The summed E-state index contributed by atoms with van der Waals surface area (Å²) in [5.41, 5.74) is 10.3. The molecule has 0 fully saturated rings. The van der Waals surface area contributed by atoms with Crippen LogP contribution >= 0.6 is 0 Å². The predicted molar refractivity (Wildman–Crippen MR) is 159 cm³/mol. The van der Waals surface area contributed by atoms with Gasteiger partial charge in [0.15, 0.2) is 0 Å². The van der Waals surface area contributed by atoms with Gasteiger partial charge in [-0.05, 0) is 109 Å². The van der Waals surface area contributed by atoms with E-state index in [-0.39, 0.29) is 43.7 Å². The van der Waals surface area contributed by atoms with Crippen molar-refractivity contribution in [3.63, 3.8) is 0 Å². The van der Waals surface area contributed by atoms with Crippen molar-refractivity contribution in [2.24, 2.45) is 0 Å². The Bertz CT molecular complexity index is 1370. The van der Waals surface area contributed by atoms with Crippen LogP contribution in [0.5, 0.6) is 0 Å². The third-order valence-electron chi connectivity index (χ3n) is 8.03. The zero-order valence-electron chi connectivity index (χ0n) is 23.3. The molecular formula is C36H39ArNO2. The van der Waals surface area contributed by atoms with Gasteiger partial charge in [-0.15, -0.1) is 0 Å². The number of nitrogens with one attached hydrogen (secondary N) is 1. The van der Waals surface area contributed by atoms with Crippen LogP contribution in [0.1, 0.15) is 68.2 Å². The van der Waals surface area contributed by atoms with Gasteiger partial charge in [-0.2, -0.15) is 0 Å². The summed E-state index contributed by atoms with van der Waals surface area (Å²) >= 11 is 0. The van der Waals surface area contributed by atoms with E-state index in [2.05, 4.69) is 90.2 Å². The van der Waals surface area contributed by atoms with Crippen LogP contribution in [0, 0.1) is 37.7 Å². The number of esters is 1. The van der Waals surface area contributed by atoms with E-state index in [9.17, 15) is 4.79 Å². The molecule has 5 rings (SSSR count). The molecule has 1 aliphatic carbocycles. The quantitative estimate of drug-likeness (QED) is 0.197. The second-order valence-corrected chi connectivity index (χ2v) is 10.6. The molecule has 1 atom stereocenters. The van der Waals surface area contributed by atoms with E-state index in [0.29, 0.717) is 11.6 Å². The zero-order valence-corrected chi connectivity index (χ0v) is 24.1. The van der Waals surface area contributed by atoms with Crippen molar-refractivity contribution in [2.75, 3.05) is 13.7 Å². The molecule has 4 aromatic carbocycles. The molecule has 208 valence electrons. The molecule has 1 N–H and O–H groups in total. The molecule has 4 aromatic rings. The molecule has 3 nitrogen and oxygen atoms in total. The fraction of sp³-hybridized carbons (Fsp3) is 0.306. The summed E-state index contributed by atoms with van der Waals surface area (Å²) in [5, 5.41) is 3.80. The van der Waals surface area contributed by atoms with E-state index in [1.165, 1.54) is 46.1 Å². The molecule has 1 unspecified atom stereocenters. The number of rotatable bonds is 11. The first-order chi connectivity index (χ1) is 19.2. The molecule has 0 amide bonds. The predicted octanol–water partition coefficient (Wildman–Crippen LogP) is 7.25. The van der Waals surface area contributed by atoms with Crippen LogP contribution in [0.15, 0.2) is 97.1 Å². The minimum Gasteiger partial charge on any atom is -0.465 e. The molecule has 4 heteroatoms. The van der Waals surface area contributed by atoms with Crippen molar-refractivity contribution in [2.45, 2.75) is 57.4 Å². The Morgan fingerprint density at radius 3 is 2.02 bits per heavy atom. The summed E-state index contributed by atoms with van der Waals surface area (Å²) in [6, 6.07) is 35.2. The van der Waals surface area contributed by atoms with Gasteiger partial charge >= 0.3 is 5.97 Å². The molecule has 0 heterocycles. The summed E-state index contributed by atoms with van der Waals surface area (Å²) in [5.74, 6) is -0.261. The van der Waals surface area contributed by atoms with Crippen molar-refractivity contribution >= 4 is 5.97 Å². The van der Waals surface area contributed by atoms with Crippen molar-refractivity contribution in [3.8, 4) is 0 Å². The first-order valence-corrected chi connectivity index (χ1v) is 14.3. The number of benzene rings is 4. The largest absolute Gasteiger partial charge is 0.465 e. The maximum atomic E-state index is 11.9. The van der Waals surface area contributed by atoms with Gasteiger partial charge < -0.3 is 10.1 Å². The normalized spacial score (nSPS) is 14.2. The van der Waals surface area contributed by atoms with Crippen LogP contribution < -0.4 is 5.32 Å². The number of aryl methyl sites for hydroxylation is 5. The van der Waals surface area contributed by atoms with Gasteiger partial charge in [0.25, 0.3) is 0 Å². The number of fused-ring (bicyclic) bond motifs is 1. The van der Waals surface area contributed by atoms with E-state index in [0.717, 1.165) is 57.9 Å². The molecule has 0 saturated heterocycles. The van der Waals surface area contributed by atoms with Gasteiger partial charge in [0.05, 0.1) is 12.7 Å². The van der Waals surface area contributed by atoms with E-state index in [4.69, 9.17) is 4.74 Å². The van der Waals surface area contributed by atoms with Gasteiger partial charge in [-0.1, -0.05) is 84.9 Å². The number of carbonyl (C=O) groups excluding carboxylic acids is 1. The molecule has 0 aliphatic heterocycles. The fourth-order valence-corrected chi connectivity index (χ4v) is 5.78. The second kappa shape index (κ2) is 15.5. The van der Waals surface area contributed by atoms with Gasteiger partial charge in [-0.25, -0.2) is 4.79 Å². The van der Waals surface area contributed by atoms with E-state index in [1.54, 1.807) is 0 Å². The molecule has 40 heavy (non-hydrogen) atoms. The second-order valence-electron chi connectivity index (χ2n) is 10.6. The molecule has 0 aromatic heterocycles. The first-order valence-electron chi connectivity index (χ1n) is 14.3. The van der Waals surface area contributed by atoms with Crippen molar-refractivity contribution in [1.29, 1.82) is 0 Å². The number of methoxy groups -OCH3 is 1. The van der Waals surface area contributed by atoms with Gasteiger partial charge in [0.1, 0.15) is 0 Å². The minimum absolute atomic E-state index is 0. The summed E-state index contributed by atoms with van der Waals surface area (Å²) in [4.78, 5) is 11.9. The summed E-state index contributed by atoms with van der Waals surface area (Å²) < 4.78 is 4.90. The summed E-state index contributed by atoms with van der Waals surface area (Å²) in [6.45, 7) is 0.940. The molecule has 0 spiro atoms. The van der Waals surface area contributed by atoms with Crippen LogP contribution in [-0.2, 0) is 43.3 Å². The molecular weight excluding hydrogens is 518 g/mol. The molecule has 1 aliphatic rings. The number of hydrogen-bond donors (Lipinski definition) is 1. The number of hydrogen-bond acceptors (Lipinski definition) is 3. The first kappa shape index (κ1) is 30.5. The smallest absolute Gasteiger partial charge is 0.337 e. The Kier molecular flexibility index (Phi) is 11.9. The van der Waals surface area contributed by atoms with Gasteiger partial charge in [0, 0.05) is 43.8 Å². The van der Waals surface area contributed by atoms with Crippen LogP contribution in [0.25, 0.3) is 0 Å². The van der Waals surface area contributed by atoms with Crippen molar-refractivity contribution < 1.29 is 47.3 Å². The number of ether oxygens (including phenoxy) is 1. The third kappa shape index (κ3) is 8.30. The average molecular weight is 558 g/mol. The van der Waals surface area contributed by atoms with E-state index < -0.39 is 0 Å². The molecule has 0 saturated carbocycles. The summed E-state index contributed by atoms with van der Waals surface area (Å²) in [6.07, 6.45) is 8.59. The third-order valence-corrected chi connectivity index (χ3v) is 8.03.